The summed E-state index contributed by atoms with van der Waals surface area (Å²) in [5.41, 5.74) is 6.59. The van der Waals surface area contributed by atoms with Crippen LogP contribution in [-0.2, 0) is 4.74 Å². The second kappa shape index (κ2) is 6.78. The Bertz CT molecular complexity index is 377. The topological polar surface area (TPSA) is 61.5 Å². The van der Waals surface area contributed by atoms with E-state index in [1.165, 1.54) is 7.11 Å². The molecule has 0 atom stereocenters. The second-order valence-electron chi connectivity index (χ2n) is 3.80. The van der Waals surface area contributed by atoms with E-state index in [9.17, 15) is 4.79 Å². The molecule has 0 aromatic heterocycles. The molecule has 0 saturated carbocycles. The highest BCUT2D eigenvalue weighted by Crippen LogP contribution is 2.22. The molecular weight excluding hydrogens is 218 g/mol. The third-order valence-electron chi connectivity index (χ3n) is 2.43. The number of rotatable bonds is 6. The Morgan fingerprint density at radius 3 is 2.76 bits per heavy atom. The summed E-state index contributed by atoms with van der Waals surface area (Å²) in [7, 11) is 1.50. The van der Waals surface area contributed by atoms with E-state index in [0.717, 1.165) is 19.3 Å². The molecule has 2 N–H and O–H groups in total. The van der Waals surface area contributed by atoms with Crippen molar-refractivity contribution in [2.24, 2.45) is 0 Å². The molecule has 94 valence electrons. The number of benzene rings is 1. The molecular formula is C13H19NO3. The summed E-state index contributed by atoms with van der Waals surface area (Å²) in [5, 5.41) is 0. The van der Waals surface area contributed by atoms with Gasteiger partial charge < -0.3 is 15.2 Å². The molecule has 0 heterocycles. The van der Waals surface area contributed by atoms with Crippen molar-refractivity contribution >= 4 is 11.7 Å². The highest BCUT2D eigenvalue weighted by atomic mass is 16.5. The third kappa shape index (κ3) is 3.98. The molecule has 0 aliphatic heterocycles. The minimum absolute atomic E-state index is 0.363. The van der Waals surface area contributed by atoms with Crippen LogP contribution in [0.15, 0.2) is 18.2 Å². The molecule has 0 aliphatic rings. The molecule has 0 amide bonds. The highest BCUT2D eigenvalue weighted by Gasteiger charge is 2.13. The fraction of sp³-hybridized carbons (Fsp3) is 0.462. The van der Waals surface area contributed by atoms with Crippen molar-refractivity contribution in [1.29, 1.82) is 0 Å². The Labute approximate surface area is 102 Å². The molecule has 0 fully saturated rings. The molecule has 1 aromatic rings. The van der Waals surface area contributed by atoms with Crippen molar-refractivity contribution in [1.82, 2.24) is 0 Å². The van der Waals surface area contributed by atoms with Gasteiger partial charge in [-0.15, -0.1) is 0 Å². The zero-order valence-electron chi connectivity index (χ0n) is 10.4. The van der Waals surface area contributed by atoms with E-state index >= 15 is 0 Å². The molecule has 1 aromatic carbocycles. The van der Waals surface area contributed by atoms with Gasteiger partial charge in [-0.2, -0.15) is 0 Å². The standard InChI is InChI=1S/C13H19NO3/c1-3-4-5-8-17-13(15)11-7-6-10(14)9-12(11)16-2/h6-7,9H,3-5,8,14H2,1-2H3. The number of hydrogen-bond donors (Lipinski definition) is 1. The fourth-order valence-corrected chi connectivity index (χ4v) is 1.47. The first-order chi connectivity index (χ1) is 8.19. The third-order valence-corrected chi connectivity index (χ3v) is 2.43. The SMILES string of the molecule is CCCCCOC(=O)c1ccc(N)cc1OC. The number of carbonyl (C=O) groups is 1. The normalized spacial score (nSPS) is 10.0. The summed E-state index contributed by atoms with van der Waals surface area (Å²) in [6.45, 7) is 2.55. The Morgan fingerprint density at radius 1 is 1.35 bits per heavy atom. The van der Waals surface area contributed by atoms with Crippen LogP contribution >= 0.6 is 0 Å². The average molecular weight is 237 g/mol. The molecule has 0 radical (unpaired) electrons. The number of nitrogen functional groups attached to an aromatic ring is 1. The number of anilines is 1. The quantitative estimate of drug-likeness (QED) is 0.469. The lowest BCUT2D eigenvalue weighted by Crippen LogP contribution is -2.08. The van der Waals surface area contributed by atoms with Crippen LogP contribution in [0.2, 0.25) is 0 Å². The van der Waals surface area contributed by atoms with Gasteiger partial charge in [0.2, 0.25) is 0 Å². The second-order valence-corrected chi connectivity index (χ2v) is 3.80. The lowest BCUT2D eigenvalue weighted by Gasteiger charge is -2.09. The van der Waals surface area contributed by atoms with Gasteiger partial charge in [0, 0.05) is 11.8 Å². The molecule has 0 unspecified atom stereocenters. The summed E-state index contributed by atoms with van der Waals surface area (Å²) in [6, 6.07) is 4.89. The Morgan fingerprint density at radius 2 is 2.12 bits per heavy atom. The van der Waals surface area contributed by atoms with Crippen molar-refractivity contribution in [3.05, 3.63) is 23.8 Å². The van der Waals surface area contributed by atoms with Gasteiger partial charge in [-0.1, -0.05) is 19.8 Å². The summed E-state index contributed by atoms with van der Waals surface area (Å²) < 4.78 is 10.2. The van der Waals surface area contributed by atoms with Crippen LogP contribution in [0.5, 0.6) is 5.75 Å². The van der Waals surface area contributed by atoms with E-state index < -0.39 is 0 Å². The molecule has 17 heavy (non-hydrogen) atoms. The van der Waals surface area contributed by atoms with Gasteiger partial charge in [0.1, 0.15) is 11.3 Å². The maximum absolute atomic E-state index is 11.8. The predicted octanol–water partition coefficient (Wildman–Crippen LogP) is 2.62. The largest absolute Gasteiger partial charge is 0.496 e. The first-order valence-electron chi connectivity index (χ1n) is 5.79. The molecule has 0 saturated heterocycles. The number of nitrogens with two attached hydrogens (primary N) is 1. The van der Waals surface area contributed by atoms with E-state index in [4.69, 9.17) is 15.2 Å². The number of unbranched alkanes of at least 4 members (excludes halogenated alkanes) is 2. The van der Waals surface area contributed by atoms with Crippen LogP contribution in [0, 0.1) is 0 Å². The van der Waals surface area contributed by atoms with E-state index in [1.807, 2.05) is 0 Å². The number of methoxy groups -OCH3 is 1. The lowest BCUT2D eigenvalue weighted by atomic mass is 10.2. The van der Waals surface area contributed by atoms with Gasteiger partial charge in [-0.25, -0.2) is 4.79 Å². The Hall–Kier alpha value is -1.71. The average Bonchev–Trinajstić information content (AvgIpc) is 2.34. The molecule has 0 bridgehead atoms. The highest BCUT2D eigenvalue weighted by molar-refractivity contribution is 5.93. The van der Waals surface area contributed by atoms with Gasteiger partial charge in [-0.05, 0) is 18.6 Å². The Balaban J connectivity index is 2.62. The Kier molecular flexibility index (Phi) is 5.33. The maximum atomic E-state index is 11.8. The first-order valence-corrected chi connectivity index (χ1v) is 5.79. The number of hydrogen-bond acceptors (Lipinski definition) is 4. The number of ether oxygens (including phenoxy) is 2. The first kappa shape index (κ1) is 13.4. The summed E-state index contributed by atoms with van der Waals surface area (Å²) in [5.74, 6) is 0.0865. The van der Waals surface area contributed by atoms with Gasteiger partial charge in [0.25, 0.3) is 0 Å². The zero-order valence-corrected chi connectivity index (χ0v) is 10.4. The molecule has 0 aliphatic carbocycles. The molecule has 1 rings (SSSR count). The van der Waals surface area contributed by atoms with Gasteiger partial charge in [0.15, 0.2) is 0 Å². The summed E-state index contributed by atoms with van der Waals surface area (Å²) in [6.07, 6.45) is 3.05. The predicted molar refractivity (Wildman–Crippen MR) is 67.2 cm³/mol. The maximum Gasteiger partial charge on any atom is 0.341 e. The van der Waals surface area contributed by atoms with Crippen molar-refractivity contribution in [2.45, 2.75) is 26.2 Å². The van der Waals surface area contributed by atoms with Crippen LogP contribution in [0.4, 0.5) is 5.69 Å². The van der Waals surface area contributed by atoms with Gasteiger partial charge >= 0.3 is 5.97 Å². The number of esters is 1. The van der Waals surface area contributed by atoms with Gasteiger partial charge in [0.05, 0.1) is 13.7 Å². The van der Waals surface area contributed by atoms with Crippen LogP contribution in [0.3, 0.4) is 0 Å². The van der Waals surface area contributed by atoms with E-state index in [1.54, 1.807) is 18.2 Å². The summed E-state index contributed by atoms with van der Waals surface area (Å²) >= 11 is 0. The monoisotopic (exact) mass is 237 g/mol. The van der Waals surface area contributed by atoms with Crippen LogP contribution < -0.4 is 10.5 Å². The van der Waals surface area contributed by atoms with Gasteiger partial charge in [-0.3, -0.25) is 0 Å². The molecule has 4 nitrogen and oxygen atoms in total. The molecule has 0 spiro atoms. The minimum Gasteiger partial charge on any atom is -0.496 e. The summed E-state index contributed by atoms with van der Waals surface area (Å²) in [4.78, 5) is 11.8. The van der Waals surface area contributed by atoms with Crippen LogP contribution in [0.1, 0.15) is 36.5 Å². The number of carbonyl (C=O) groups excluding carboxylic acids is 1. The van der Waals surface area contributed by atoms with Crippen LogP contribution in [-0.4, -0.2) is 19.7 Å². The van der Waals surface area contributed by atoms with Crippen LogP contribution in [0.25, 0.3) is 0 Å². The van der Waals surface area contributed by atoms with Crippen molar-refractivity contribution in [3.8, 4) is 5.75 Å². The van der Waals surface area contributed by atoms with Crippen molar-refractivity contribution in [2.75, 3.05) is 19.5 Å². The lowest BCUT2D eigenvalue weighted by molar-refractivity contribution is 0.0494. The van der Waals surface area contributed by atoms with Crippen molar-refractivity contribution < 1.29 is 14.3 Å². The molecule has 4 heteroatoms. The van der Waals surface area contributed by atoms with E-state index in [2.05, 4.69) is 6.92 Å². The smallest absolute Gasteiger partial charge is 0.341 e. The zero-order chi connectivity index (χ0) is 12.7. The van der Waals surface area contributed by atoms with E-state index in [-0.39, 0.29) is 5.97 Å². The minimum atomic E-state index is -0.363. The fourth-order valence-electron chi connectivity index (χ4n) is 1.47. The van der Waals surface area contributed by atoms with E-state index in [0.29, 0.717) is 23.6 Å². The van der Waals surface area contributed by atoms with Crippen molar-refractivity contribution in [3.63, 3.8) is 0 Å².